The van der Waals surface area contributed by atoms with Crippen molar-refractivity contribution in [3.63, 3.8) is 0 Å². The highest BCUT2D eigenvalue weighted by atomic mass is 19.1. The predicted octanol–water partition coefficient (Wildman–Crippen LogP) is 2.16. The van der Waals surface area contributed by atoms with Crippen molar-refractivity contribution in [3.05, 3.63) is 29.6 Å². The SMILES string of the molecule is O=C1CC(C2CCNCC2)Oc2ccc(F)cc21. The van der Waals surface area contributed by atoms with Crippen LogP contribution in [0.25, 0.3) is 0 Å². The van der Waals surface area contributed by atoms with Crippen LogP contribution >= 0.6 is 0 Å². The van der Waals surface area contributed by atoms with Crippen molar-refractivity contribution in [1.82, 2.24) is 5.32 Å². The van der Waals surface area contributed by atoms with Crippen LogP contribution in [0.3, 0.4) is 0 Å². The maximum Gasteiger partial charge on any atom is 0.170 e. The van der Waals surface area contributed by atoms with Gasteiger partial charge in [-0.2, -0.15) is 0 Å². The molecule has 0 aromatic heterocycles. The van der Waals surface area contributed by atoms with Gasteiger partial charge in [0.1, 0.15) is 17.7 Å². The van der Waals surface area contributed by atoms with E-state index in [1.165, 1.54) is 12.1 Å². The molecule has 1 N–H and O–H groups in total. The van der Waals surface area contributed by atoms with Gasteiger partial charge >= 0.3 is 0 Å². The highest BCUT2D eigenvalue weighted by Gasteiger charge is 2.33. The lowest BCUT2D eigenvalue weighted by Crippen LogP contribution is -2.40. The molecule has 1 atom stereocenters. The number of piperidine rings is 1. The molecule has 0 amide bonds. The second-order valence-electron chi connectivity index (χ2n) is 5.01. The minimum absolute atomic E-state index is 0.000664. The number of Topliss-reactive ketones (excluding diaryl/α,β-unsaturated/α-hetero) is 1. The summed E-state index contributed by atoms with van der Waals surface area (Å²) in [6.07, 6.45) is 2.40. The number of ether oxygens (including phenoxy) is 1. The van der Waals surface area contributed by atoms with E-state index < -0.39 is 0 Å². The van der Waals surface area contributed by atoms with Gasteiger partial charge in [-0.25, -0.2) is 4.39 Å². The lowest BCUT2D eigenvalue weighted by atomic mass is 9.86. The maximum absolute atomic E-state index is 13.1. The molecule has 0 saturated carbocycles. The highest BCUT2D eigenvalue weighted by Crippen LogP contribution is 2.33. The largest absolute Gasteiger partial charge is 0.489 e. The quantitative estimate of drug-likeness (QED) is 0.829. The molecule has 4 heteroatoms. The third-order valence-corrected chi connectivity index (χ3v) is 3.82. The Morgan fingerprint density at radius 2 is 2.06 bits per heavy atom. The van der Waals surface area contributed by atoms with Gasteiger partial charge in [-0.3, -0.25) is 4.79 Å². The van der Waals surface area contributed by atoms with Crippen LogP contribution < -0.4 is 10.1 Å². The van der Waals surface area contributed by atoms with Gasteiger partial charge in [0.15, 0.2) is 5.78 Å². The van der Waals surface area contributed by atoms with Crippen molar-refractivity contribution in [2.45, 2.75) is 25.4 Å². The van der Waals surface area contributed by atoms with E-state index in [-0.39, 0.29) is 17.7 Å². The number of nitrogens with one attached hydrogen (secondary N) is 1. The van der Waals surface area contributed by atoms with E-state index in [1.54, 1.807) is 6.07 Å². The second-order valence-corrected chi connectivity index (χ2v) is 5.01. The molecule has 3 rings (SSSR count). The third-order valence-electron chi connectivity index (χ3n) is 3.82. The van der Waals surface area contributed by atoms with E-state index >= 15 is 0 Å². The number of hydrogen-bond donors (Lipinski definition) is 1. The third kappa shape index (κ3) is 2.12. The number of halogens is 1. The topological polar surface area (TPSA) is 38.3 Å². The normalized spacial score (nSPS) is 24.5. The number of fused-ring (bicyclic) bond motifs is 1. The Kier molecular flexibility index (Phi) is 3.04. The summed E-state index contributed by atoms with van der Waals surface area (Å²) in [5.74, 6) is 0.579. The molecule has 18 heavy (non-hydrogen) atoms. The number of benzene rings is 1. The molecule has 2 heterocycles. The molecule has 1 aromatic rings. The van der Waals surface area contributed by atoms with Crippen LogP contribution in [0.4, 0.5) is 4.39 Å². The maximum atomic E-state index is 13.1. The molecule has 1 aromatic carbocycles. The summed E-state index contributed by atoms with van der Waals surface area (Å²) in [7, 11) is 0. The van der Waals surface area contributed by atoms with Crippen LogP contribution in [0.5, 0.6) is 5.75 Å². The Morgan fingerprint density at radius 3 is 2.83 bits per heavy atom. The zero-order valence-electron chi connectivity index (χ0n) is 10.1. The van der Waals surface area contributed by atoms with Gasteiger partial charge in [-0.05, 0) is 50.0 Å². The smallest absolute Gasteiger partial charge is 0.170 e. The Morgan fingerprint density at radius 1 is 1.28 bits per heavy atom. The van der Waals surface area contributed by atoms with Crippen molar-refractivity contribution in [3.8, 4) is 5.75 Å². The number of ketones is 1. The molecule has 0 aliphatic carbocycles. The van der Waals surface area contributed by atoms with Gasteiger partial charge < -0.3 is 10.1 Å². The van der Waals surface area contributed by atoms with E-state index in [0.717, 1.165) is 25.9 Å². The van der Waals surface area contributed by atoms with Gasteiger partial charge in [0.2, 0.25) is 0 Å². The van der Waals surface area contributed by atoms with Gasteiger partial charge in [0.25, 0.3) is 0 Å². The Labute approximate surface area is 105 Å². The fourth-order valence-electron chi connectivity index (χ4n) is 2.80. The summed E-state index contributed by atoms with van der Waals surface area (Å²) in [6.45, 7) is 1.96. The monoisotopic (exact) mass is 249 g/mol. The molecule has 1 fully saturated rings. The first kappa shape index (κ1) is 11.7. The zero-order chi connectivity index (χ0) is 12.5. The Bertz CT molecular complexity index is 469. The molecule has 0 bridgehead atoms. The molecule has 2 aliphatic heterocycles. The minimum atomic E-state index is -0.383. The van der Waals surface area contributed by atoms with E-state index in [2.05, 4.69) is 5.32 Å². The van der Waals surface area contributed by atoms with E-state index in [4.69, 9.17) is 4.74 Å². The molecule has 0 radical (unpaired) electrons. The second kappa shape index (κ2) is 4.69. The average molecular weight is 249 g/mol. The highest BCUT2D eigenvalue weighted by molar-refractivity contribution is 5.99. The first-order chi connectivity index (χ1) is 8.74. The van der Waals surface area contributed by atoms with Crippen LogP contribution in [0.15, 0.2) is 18.2 Å². The number of hydrogen-bond acceptors (Lipinski definition) is 3. The van der Waals surface area contributed by atoms with E-state index in [0.29, 0.717) is 23.7 Å². The lowest BCUT2D eigenvalue weighted by molar-refractivity contribution is 0.0669. The summed E-state index contributed by atoms with van der Waals surface area (Å²) >= 11 is 0. The number of carbonyl (C=O) groups excluding carboxylic acids is 1. The number of rotatable bonds is 1. The molecule has 0 spiro atoms. The van der Waals surface area contributed by atoms with Crippen LogP contribution in [0.1, 0.15) is 29.6 Å². The molecule has 1 saturated heterocycles. The fraction of sp³-hybridized carbons (Fsp3) is 0.500. The van der Waals surface area contributed by atoms with Gasteiger partial charge in [0.05, 0.1) is 5.56 Å². The van der Waals surface area contributed by atoms with Gasteiger partial charge in [0, 0.05) is 6.42 Å². The number of carbonyl (C=O) groups is 1. The van der Waals surface area contributed by atoms with Crippen LogP contribution in [-0.2, 0) is 0 Å². The van der Waals surface area contributed by atoms with E-state index in [1.807, 2.05) is 0 Å². The lowest BCUT2D eigenvalue weighted by Gasteiger charge is -2.33. The molecule has 96 valence electrons. The summed E-state index contributed by atoms with van der Waals surface area (Å²) < 4.78 is 19.0. The standard InChI is InChI=1S/C14H16FNO2/c15-10-1-2-13-11(7-10)12(17)8-14(18-13)9-3-5-16-6-4-9/h1-2,7,9,14,16H,3-6,8H2. The summed E-state index contributed by atoms with van der Waals surface area (Å²) in [5, 5.41) is 3.30. The first-order valence-corrected chi connectivity index (χ1v) is 6.44. The molecule has 2 aliphatic rings. The van der Waals surface area contributed by atoms with Crippen LogP contribution in [-0.4, -0.2) is 25.0 Å². The Balaban J connectivity index is 1.82. The van der Waals surface area contributed by atoms with Crippen LogP contribution in [0.2, 0.25) is 0 Å². The molecular formula is C14H16FNO2. The van der Waals surface area contributed by atoms with Crippen molar-refractivity contribution in [2.75, 3.05) is 13.1 Å². The summed E-state index contributed by atoms with van der Waals surface area (Å²) in [6, 6.07) is 4.18. The molecule has 1 unspecified atom stereocenters. The van der Waals surface area contributed by atoms with Crippen molar-refractivity contribution in [2.24, 2.45) is 5.92 Å². The Hall–Kier alpha value is -1.42. The van der Waals surface area contributed by atoms with Crippen molar-refractivity contribution >= 4 is 5.78 Å². The average Bonchev–Trinajstić information content (AvgIpc) is 2.40. The fourth-order valence-corrected chi connectivity index (χ4v) is 2.80. The van der Waals surface area contributed by atoms with Crippen molar-refractivity contribution < 1.29 is 13.9 Å². The van der Waals surface area contributed by atoms with Gasteiger partial charge in [-0.1, -0.05) is 0 Å². The minimum Gasteiger partial charge on any atom is -0.489 e. The zero-order valence-corrected chi connectivity index (χ0v) is 10.1. The summed E-state index contributed by atoms with van der Waals surface area (Å²) in [4.78, 5) is 12.0. The molecular weight excluding hydrogens is 233 g/mol. The van der Waals surface area contributed by atoms with Crippen molar-refractivity contribution in [1.29, 1.82) is 0 Å². The summed E-state index contributed by atoms with van der Waals surface area (Å²) in [5.41, 5.74) is 0.389. The van der Waals surface area contributed by atoms with Gasteiger partial charge in [-0.15, -0.1) is 0 Å². The molecule has 3 nitrogen and oxygen atoms in total. The van der Waals surface area contributed by atoms with E-state index in [9.17, 15) is 9.18 Å². The first-order valence-electron chi connectivity index (χ1n) is 6.44. The van der Waals surface area contributed by atoms with Crippen LogP contribution in [0, 0.1) is 11.7 Å². The predicted molar refractivity (Wildman–Crippen MR) is 65.4 cm³/mol.